The number of nitrogens with zero attached hydrogens (tertiary/aromatic N) is 2. The molecule has 0 radical (unpaired) electrons. The standard InChI is InChI=1S/C12H20FN3/c1-3-16(4-2)9-5-8-14-12-7-6-11(13)10-15-12/h6-7,10H,3-5,8-9H2,1-2H3,(H,14,15). The molecular weight excluding hydrogens is 205 g/mol. The Morgan fingerprint density at radius 1 is 1.31 bits per heavy atom. The van der Waals surface area contributed by atoms with Crippen molar-refractivity contribution in [3.05, 3.63) is 24.1 Å². The Labute approximate surface area is 96.7 Å². The summed E-state index contributed by atoms with van der Waals surface area (Å²) in [7, 11) is 0. The van der Waals surface area contributed by atoms with Gasteiger partial charge in [0.1, 0.15) is 11.6 Å². The first-order valence-electron chi connectivity index (χ1n) is 5.84. The Balaban J connectivity index is 2.18. The quantitative estimate of drug-likeness (QED) is 0.722. The molecule has 4 heteroatoms. The molecule has 1 heterocycles. The molecule has 1 aromatic heterocycles. The largest absolute Gasteiger partial charge is 0.370 e. The third-order valence-electron chi connectivity index (χ3n) is 2.58. The van der Waals surface area contributed by atoms with Gasteiger partial charge in [-0.3, -0.25) is 0 Å². The fraction of sp³-hybridized carbons (Fsp3) is 0.583. The minimum absolute atomic E-state index is 0.298. The molecule has 1 N–H and O–H groups in total. The lowest BCUT2D eigenvalue weighted by molar-refractivity contribution is 0.303. The summed E-state index contributed by atoms with van der Waals surface area (Å²) in [6.45, 7) is 8.46. The fourth-order valence-electron chi connectivity index (χ4n) is 1.54. The Hall–Kier alpha value is -1.16. The average Bonchev–Trinajstić information content (AvgIpc) is 2.32. The number of nitrogens with one attached hydrogen (secondary N) is 1. The second-order valence-electron chi connectivity index (χ2n) is 3.67. The van der Waals surface area contributed by atoms with Crippen molar-refractivity contribution in [2.45, 2.75) is 20.3 Å². The van der Waals surface area contributed by atoms with Gasteiger partial charge >= 0.3 is 0 Å². The van der Waals surface area contributed by atoms with Crippen molar-refractivity contribution in [1.29, 1.82) is 0 Å². The van der Waals surface area contributed by atoms with Crippen molar-refractivity contribution in [2.24, 2.45) is 0 Å². The van der Waals surface area contributed by atoms with Crippen LogP contribution in [0.3, 0.4) is 0 Å². The molecule has 0 bridgehead atoms. The number of rotatable bonds is 7. The lowest BCUT2D eigenvalue weighted by Crippen LogP contribution is -2.25. The molecule has 0 aliphatic carbocycles. The highest BCUT2D eigenvalue weighted by Crippen LogP contribution is 2.03. The predicted octanol–water partition coefficient (Wildman–Crippen LogP) is 2.36. The molecule has 0 unspecified atom stereocenters. The third-order valence-corrected chi connectivity index (χ3v) is 2.58. The summed E-state index contributed by atoms with van der Waals surface area (Å²) in [5.74, 6) is 0.439. The van der Waals surface area contributed by atoms with Crippen molar-refractivity contribution in [3.8, 4) is 0 Å². The predicted molar refractivity (Wildman–Crippen MR) is 65.1 cm³/mol. The molecule has 0 aliphatic heterocycles. The molecule has 90 valence electrons. The molecule has 16 heavy (non-hydrogen) atoms. The van der Waals surface area contributed by atoms with Crippen molar-refractivity contribution in [2.75, 3.05) is 31.5 Å². The van der Waals surface area contributed by atoms with E-state index in [0.29, 0.717) is 0 Å². The molecule has 0 aliphatic rings. The highest BCUT2D eigenvalue weighted by atomic mass is 19.1. The number of aromatic nitrogens is 1. The molecular formula is C12H20FN3. The summed E-state index contributed by atoms with van der Waals surface area (Å²) in [4.78, 5) is 6.31. The third kappa shape index (κ3) is 4.57. The maximum absolute atomic E-state index is 12.6. The Bertz CT molecular complexity index is 283. The van der Waals surface area contributed by atoms with E-state index >= 15 is 0 Å². The second kappa shape index (κ2) is 7.17. The first kappa shape index (κ1) is 12.9. The van der Waals surface area contributed by atoms with Gasteiger partial charge in [-0.25, -0.2) is 9.37 Å². The molecule has 1 rings (SSSR count). The van der Waals surface area contributed by atoms with Gasteiger partial charge in [0.15, 0.2) is 0 Å². The molecule has 0 atom stereocenters. The van der Waals surface area contributed by atoms with Crippen LogP contribution in [-0.4, -0.2) is 36.1 Å². The van der Waals surface area contributed by atoms with Crippen LogP contribution in [0.15, 0.2) is 18.3 Å². The zero-order valence-electron chi connectivity index (χ0n) is 10.0. The van der Waals surface area contributed by atoms with Gasteiger partial charge in [-0.15, -0.1) is 0 Å². The molecule has 1 aromatic rings. The van der Waals surface area contributed by atoms with Gasteiger partial charge in [-0.2, -0.15) is 0 Å². The number of anilines is 1. The summed E-state index contributed by atoms with van der Waals surface area (Å²) in [6, 6.07) is 3.08. The minimum Gasteiger partial charge on any atom is -0.370 e. The normalized spacial score (nSPS) is 10.8. The molecule has 3 nitrogen and oxygen atoms in total. The SMILES string of the molecule is CCN(CC)CCCNc1ccc(F)cn1. The van der Waals surface area contributed by atoms with E-state index in [4.69, 9.17) is 0 Å². The van der Waals surface area contributed by atoms with Crippen LogP contribution >= 0.6 is 0 Å². The van der Waals surface area contributed by atoms with Crippen LogP contribution in [0.4, 0.5) is 10.2 Å². The van der Waals surface area contributed by atoms with Crippen LogP contribution < -0.4 is 5.32 Å². The maximum Gasteiger partial charge on any atom is 0.141 e. The van der Waals surface area contributed by atoms with Gasteiger partial charge in [0.25, 0.3) is 0 Å². The number of hydrogen-bond acceptors (Lipinski definition) is 3. The molecule has 0 amide bonds. The zero-order valence-corrected chi connectivity index (χ0v) is 10.0. The van der Waals surface area contributed by atoms with Crippen LogP contribution in [0.25, 0.3) is 0 Å². The van der Waals surface area contributed by atoms with Gasteiger partial charge in [-0.05, 0) is 38.2 Å². The lowest BCUT2D eigenvalue weighted by Gasteiger charge is -2.17. The Kier molecular flexibility index (Phi) is 5.78. The van der Waals surface area contributed by atoms with E-state index in [9.17, 15) is 4.39 Å². The van der Waals surface area contributed by atoms with Crippen LogP contribution in [-0.2, 0) is 0 Å². The molecule has 0 fully saturated rings. The van der Waals surface area contributed by atoms with Crippen molar-refractivity contribution in [3.63, 3.8) is 0 Å². The summed E-state index contributed by atoms with van der Waals surface area (Å²) in [6.07, 6.45) is 2.30. The number of hydrogen-bond donors (Lipinski definition) is 1. The lowest BCUT2D eigenvalue weighted by atomic mass is 10.3. The van der Waals surface area contributed by atoms with E-state index in [2.05, 4.69) is 29.0 Å². The van der Waals surface area contributed by atoms with E-state index in [1.54, 1.807) is 6.07 Å². The minimum atomic E-state index is -0.298. The Morgan fingerprint density at radius 3 is 2.62 bits per heavy atom. The van der Waals surface area contributed by atoms with E-state index in [0.717, 1.165) is 38.4 Å². The summed E-state index contributed by atoms with van der Waals surface area (Å²) in [5.41, 5.74) is 0. The van der Waals surface area contributed by atoms with E-state index in [-0.39, 0.29) is 5.82 Å². The van der Waals surface area contributed by atoms with Gasteiger partial charge in [-0.1, -0.05) is 13.8 Å². The zero-order chi connectivity index (χ0) is 11.8. The maximum atomic E-state index is 12.6. The first-order chi connectivity index (χ1) is 7.76. The summed E-state index contributed by atoms with van der Waals surface area (Å²) < 4.78 is 12.6. The highest BCUT2D eigenvalue weighted by Gasteiger charge is 1.98. The van der Waals surface area contributed by atoms with E-state index < -0.39 is 0 Å². The molecule has 0 aromatic carbocycles. The summed E-state index contributed by atoms with van der Waals surface area (Å²) in [5, 5.41) is 3.17. The number of pyridine rings is 1. The van der Waals surface area contributed by atoms with Gasteiger partial charge < -0.3 is 10.2 Å². The topological polar surface area (TPSA) is 28.2 Å². The monoisotopic (exact) mass is 225 g/mol. The number of halogens is 1. The van der Waals surface area contributed by atoms with Crippen LogP contribution in [0.2, 0.25) is 0 Å². The average molecular weight is 225 g/mol. The van der Waals surface area contributed by atoms with Crippen LogP contribution in [0, 0.1) is 5.82 Å². The van der Waals surface area contributed by atoms with E-state index in [1.165, 1.54) is 12.3 Å². The van der Waals surface area contributed by atoms with Gasteiger partial charge in [0.05, 0.1) is 6.20 Å². The van der Waals surface area contributed by atoms with E-state index in [1.807, 2.05) is 0 Å². The van der Waals surface area contributed by atoms with Gasteiger partial charge in [0.2, 0.25) is 0 Å². The molecule has 0 saturated heterocycles. The second-order valence-corrected chi connectivity index (χ2v) is 3.67. The summed E-state index contributed by atoms with van der Waals surface area (Å²) >= 11 is 0. The van der Waals surface area contributed by atoms with Crippen molar-refractivity contribution in [1.82, 2.24) is 9.88 Å². The first-order valence-corrected chi connectivity index (χ1v) is 5.84. The van der Waals surface area contributed by atoms with Crippen LogP contribution in [0.1, 0.15) is 20.3 Å². The van der Waals surface area contributed by atoms with Crippen molar-refractivity contribution >= 4 is 5.82 Å². The van der Waals surface area contributed by atoms with Gasteiger partial charge in [0, 0.05) is 6.54 Å². The Morgan fingerprint density at radius 2 is 2.06 bits per heavy atom. The molecule has 0 spiro atoms. The smallest absolute Gasteiger partial charge is 0.141 e. The highest BCUT2D eigenvalue weighted by molar-refractivity contribution is 5.33. The molecule has 0 saturated carbocycles. The van der Waals surface area contributed by atoms with Crippen LogP contribution in [0.5, 0.6) is 0 Å². The van der Waals surface area contributed by atoms with Crippen molar-refractivity contribution < 1.29 is 4.39 Å². The fourth-order valence-corrected chi connectivity index (χ4v) is 1.54.